The molecule has 0 radical (unpaired) electrons. The number of hydrogen-bond acceptors (Lipinski definition) is 5. The van der Waals surface area contributed by atoms with Crippen LogP contribution in [-0.2, 0) is 14.8 Å². The van der Waals surface area contributed by atoms with Gasteiger partial charge in [0, 0.05) is 23.7 Å². The Labute approximate surface area is 175 Å². The molecule has 9 heteroatoms. The van der Waals surface area contributed by atoms with E-state index < -0.39 is 15.9 Å². The summed E-state index contributed by atoms with van der Waals surface area (Å²) < 4.78 is 37.9. The van der Waals surface area contributed by atoms with E-state index >= 15 is 0 Å². The van der Waals surface area contributed by atoms with E-state index in [9.17, 15) is 13.2 Å². The summed E-state index contributed by atoms with van der Waals surface area (Å²) in [6, 6.07) is 11.3. The van der Waals surface area contributed by atoms with Gasteiger partial charge in [-0.05, 0) is 42.8 Å². The lowest BCUT2D eigenvalue weighted by atomic mass is 10.1. The number of amides is 1. The molecule has 1 fully saturated rings. The standard InChI is InChI=1S/C20H23ClN2O5S/c1-14(15-4-3-5-17(21)12-15)22-20(24)16-6-7-18(27-2)19(13-16)29(25,26)23-8-10-28-11-9-23/h3-7,12-14H,8-11H2,1-2H3,(H,22,24)/t14-/m1/s1. The number of morpholine rings is 1. The molecule has 2 aromatic rings. The van der Waals surface area contributed by atoms with Crippen molar-refractivity contribution in [3.05, 3.63) is 58.6 Å². The lowest BCUT2D eigenvalue weighted by Crippen LogP contribution is -2.40. The van der Waals surface area contributed by atoms with Crippen LogP contribution in [0.15, 0.2) is 47.4 Å². The van der Waals surface area contributed by atoms with Crippen LogP contribution in [0.25, 0.3) is 0 Å². The number of carbonyl (C=O) groups is 1. The zero-order chi connectivity index (χ0) is 21.0. The van der Waals surface area contributed by atoms with E-state index in [4.69, 9.17) is 21.1 Å². The number of benzene rings is 2. The maximum atomic E-state index is 13.1. The third-order valence-corrected chi connectivity index (χ3v) is 6.86. The first kappa shape index (κ1) is 21.6. The normalized spacial score (nSPS) is 16.2. The Balaban J connectivity index is 1.86. The van der Waals surface area contributed by atoms with Crippen LogP contribution < -0.4 is 10.1 Å². The number of methoxy groups -OCH3 is 1. The molecule has 1 amide bonds. The summed E-state index contributed by atoms with van der Waals surface area (Å²) in [6.07, 6.45) is 0. The highest BCUT2D eigenvalue weighted by atomic mass is 35.5. The molecule has 0 bridgehead atoms. The largest absolute Gasteiger partial charge is 0.495 e. The van der Waals surface area contributed by atoms with Gasteiger partial charge in [0.1, 0.15) is 10.6 Å². The average molecular weight is 439 g/mol. The van der Waals surface area contributed by atoms with Gasteiger partial charge in [0.05, 0.1) is 26.4 Å². The van der Waals surface area contributed by atoms with Crippen LogP contribution in [0.3, 0.4) is 0 Å². The first-order valence-electron chi connectivity index (χ1n) is 9.15. The zero-order valence-electron chi connectivity index (χ0n) is 16.2. The number of nitrogens with zero attached hydrogens (tertiary/aromatic N) is 1. The smallest absolute Gasteiger partial charge is 0.251 e. The molecule has 1 atom stereocenters. The second-order valence-electron chi connectivity index (χ2n) is 6.63. The molecule has 0 saturated carbocycles. The van der Waals surface area contributed by atoms with Gasteiger partial charge in [0.15, 0.2) is 0 Å². The van der Waals surface area contributed by atoms with E-state index in [2.05, 4.69) is 5.32 Å². The van der Waals surface area contributed by atoms with E-state index in [-0.39, 0.29) is 35.3 Å². The van der Waals surface area contributed by atoms with E-state index in [0.29, 0.717) is 18.2 Å². The number of carbonyl (C=O) groups excluding carboxylic acids is 1. The monoisotopic (exact) mass is 438 g/mol. The van der Waals surface area contributed by atoms with Crippen molar-refractivity contribution in [1.29, 1.82) is 0 Å². The third-order valence-electron chi connectivity index (χ3n) is 4.71. The number of halogens is 1. The van der Waals surface area contributed by atoms with Crippen LogP contribution in [0.5, 0.6) is 5.75 Å². The minimum absolute atomic E-state index is 0.0371. The minimum Gasteiger partial charge on any atom is -0.495 e. The fourth-order valence-corrected chi connectivity index (χ4v) is 4.87. The van der Waals surface area contributed by atoms with Crippen LogP contribution in [0, 0.1) is 0 Å². The molecule has 1 N–H and O–H groups in total. The van der Waals surface area contributed by atoms with Crippen LogP contribution >= 0.6 is 11.6 Å². The Morgan fingerprint density at radius 2 is 1.93 bits per heavy atom. The topological polar surface area (TPSA) is 84.9 Å². The summed E-state index contributed by atoms with van der Waals surface area (Å²) in [6.45, 7) is 3.01. The number of nitrogens with one attached hydrogen (secondary N) is 1. The van der Waals surface area contributed by atoms with Crippen molar-refractivity contribution in [1.82, 2.24) is 9.62 Å². The lowest BCUT2D eigenvalue weighted by Gasteiger charge is -2.26. The summed E-state index contributed by atoms with van der Waals surface area (Å²) in [5, 5.41) is 3.44. The first-order valence-corrected chi connectivity index (χ1v) is 11.0. The number of ether oxygens (including phenoxy) is 2. The van der Waals surface area contributed by atoms with Crippen LogP contribution in [0.4, 0.5) is 0 Å². The van der Waals surface area contributed by atoms with E-state index in [0.717, 1.165) is 5.56 Å². The third kappa shape index (κ3) is 4.90. The second kappa shape index (κ2) is 9.13. The Hall–Kier alpha value is -2.13. The Kier molecular flexibility index (Phi) is 6.79. The highest BCUT2D eigenvalue weighted by Gasteiger charge is 2.30. The molecule has 1 heterocycles. The van der Waals surface area contributed by atoms with Crippen molar-refractivity contribution in [2.75, 3.05) is 33.4 Å². The first-order chi connectivity index (χ1) is 13.8. The van der Waals surface area contributed by atoms with Crippen LogP contribution in [0.2, 0.25) is 5.02 Å². The van der Waals surface area contributed by atoms with Crippen LogP contribution in [0.1, 0.15) is 28.9 Å². The average Bonchev–Trinajstić information content (AvgIpc) is 2.73. The molecule has 29 heavy (non-hydrogen) atoms. The van der Waals surface area contributed by atoms with Crippen LogP contribution in [-0.4, -0.2) is 52.0 Å². The van der Waals surface area contributed by atoms with Gasteiger partial charge in [-0.15, -0.1) is 0 Å². The molecule has 3 rings (SSSR count). The molecule has 1 saturated heterocycles. The summed E-state index contributed by atoms with van der Waals surface area (Å²) >= 11 is 6.01. The SMILES string of the molecule is COc1ccc(C(=O)N[C@H](C)c2cccc(Cl)c2)cc1S(=O)(=O)N1CCOCC1. The number of hydrogen-bond donors (Lipinski definition) is 1. The number of sulfonamides is 1. The minimum atomic E-state index is -3.82. The van der Waals surface area contributed by atoms with E-state index in [1.807, 2.05) is 13.0 Å². The lowest BCUT2D eigenvalue weighted by molar-refractivity contribution is 0.0729. The van der Waals surface area contributed by atoms with Crippen molar-refractivity contribution in [3.8, 4) is 5.75 Å². The highest BCUT2D eigenvalue weighted by Crippen LogP contribution is 2.29. The molecular weight excluding hydrogens is 416 g/mol. The number of rotatable bonds is 6. The van der Waals surface area contributed by atoms with Crippen molar-refractivity contribution in [2.45, 2.75) is 17.9 Å². The van der Waals surface area contributed by atoms with Gasteiger partial charge in [-0.2, -0.15) is 4.31 Å². The molecular formula is C20H23ClN2O5S. The molecule has 7 nitrogen and oxygen atoms in total. The molecule has 156 valence electrons. The van der Waals surface area contributed by atoms with Crippen molar-refractivity contribution in [2.24, 2.45) is 0 Å². The summed E-state index contributed by atoms with van der Waals surface area (Å²) in [7, 11) is -2.42. The summed E-state index contributed by atoms with van der Waals surface area (Å²) in [5.41, 5.74) is 1.08. The predicted molar refractivity (Wildman–Crippen MR) is 110 cm³/mol. The zero-order valence-corrected chi connectivity index (χ0v) is 17.8. The van der Waals surface area contributed by atoms with Gasteiger partial charge in [0.2, 0.25) is 10.0 Å². The molecule has 1 aliphatic rings. The molecule has 1 aliphatic heterocycles. The molecule has 0 unspecified atom stereocenters. The fourth-order valence-electron chi connectivity index (χ4n) is 3.08. The van der Waals surface area contributed by atoms with Crippen molar-refractivity contribution < 1.29 is 22.7 Å². The van der Waals surface area contributed by atoms with Gasteiger partial charge < -0.3 is 14.8 Å². The Morgan fingerprint density at radius 1 is 1.21 bits per heavy atom. The fraction of sp³-hybridized carbons (Fsp3) is 0.350. The summed E-state index contributed by atoms with van der Waals surface area (Å²) in [4.78, 5) is 12.7. The maximum Gasteiger partial charge on any atom is 0.251 e. The van der Waals surface area contributed by atoms with Crippen molar-refractivity contribution >= 4 is 27.5 Å². The molecule has 0 spiro atoms. The van der Waals surface area contributed by atoms with Crippen molar-refractivity contribution in [3.63, 3.8) is 0 Å². The summed E-state index contributed by atoms with van der Waals surface area (Å²) in [5.74, 6) is -0.200. The van der Waals surface area contributed by atoms with Gasteiger partial charge in [-0.3, -0.25) is 4.79 Å². The predicted octanol–water partition coefficient (Wildman–Crippen LogP) is 2.86. The Morgan fingerprint density at radius 3 is 2.59 bits per heavy atom. The highest BCUT2D eigenvalue weighted by molar-refractivity contribution is 7.89. The quantitative estimate of drug-likeness (QED) is 0.749. The molecule has 0 aliphatic carbocycles. The molecule has 0 aromatic heterocycles. The van der Waals surface area contributed by atoms with Gasteiger partial charge >= 0.3 is 0 Å². The van der Waals surface area contributed by atoms with Gasteiger partial charge in [0.25, 0.3) is 5.91 Å². The van der Waals surface area contributed by atoms with Gasteiger partial charge in [-0.1, -0.05) is 23.7 Å². The Bertz CT molecular complexity index is 990. The van der Waals surface area contributed by atoms with E-state index in [1.165, 1.54) is 29.6 Å². The van der Waals surface area contributed by atoms with Gasteiger partial charge in [-0.25, -0.2) is 8.42 Å². The molecule has 2 aromatic carbocycles. The van der Waals surface area contributed by atoms with E-state index in [1.54, 1.807) is 18.2 Å². The second-order valence-corrected chi connectivity index (χ2v) is 8.98. The maximum absolute atomic E-state index is 13.1.